The summed E-state index contributed by atoms with van der Waals surface area (Å²) in [6, 6.07) is 17.6. The minimum atomic E-state index is -0.417. The Hall–Kier alpha value is -3.03. The lowest BCUT2D eigenvalue weighted by Crippen LogP contribution is -2.48. The van der Waals surface area contributed by atoms with E-state index in [-0.39, 0.29) is 29.0 Å². The van der Waals surface area contributed by atoms with Crippen LogP contribution < -0.4 is 0 Å². The highest BCUT2D eigenvalue weighted by atomic mass is 19.1. The van der Waals surface area contributed by atoms with E-state index in [9.17, 15) is 9.18 Å². The maximum atomic E-state index is 14.1. The number of hydrogen-bond acceptors (Lipinski definition) is 5. The molecule has 1 saturated heterocycles. The van der Waals surface area contributed by atoms with Crippen molar-refractivity contribution in [2.75, 3.05) is 32.8 Å². The highest BCUT2D eigenvalue weighted by molar-refractivity contribution is 5.93. The van der Waals surface area contributed by atoms with E-state index >= 15 is 0 Å². The number of ether oxygens (including phenoxy) is 1. The van der Waals surface area contributed by atoms with Gasteiger partial charge in [0.2, 0.25) is 0 Å². The van der Waals surface area contributed by atoms with E-state index in [0.717, 1.165) is 25.2 Å². The minimum Gasteiger partial charge on any atom is -0.379 e. The molecular weight excluding hydrogens is 397 g/mol. The van der Waals surface area contributed by atoms with Crippen LogP contribution in [-0.4, -0.2) is 59.8 Å². The fourth-order valence-corrected chi connectivity index (χ4v) is 3.77. The summed E-state index contributed by atoms with van der Waals surface area (Å²) >= 11 is 0. The molecule has 162 valence electrons. The second kappa shape index (κ2) is 9.85. The second-order valence-electron chi connectivity index (χ2n) is 7.74. The Morgan fingerprint density at radius 1 is 1.13 bits per heavy atom. The molecule has 2 heterocycles. The van der Waals surface area contributed by atoms with Gasteiger partial charge in [-0.25, -0.2) is 4.39 Å². The van der Waals surface area contributed by atoms with Gasteiger partial charge in [0, 0.05) is 38.3 Å². The van der Waals surface area contributed by atoms with Gasteiger partial charge in [-0.1, -0.05) is 47.6 Å². The third-order valence-electron chi connectivity index (χ3n) is 5.48. The van der Waals surface area contributed by atoms with Gasteiger partial charge < -0.3 is 14.2 Å². The fourth-order valence-electron chi connectivity index (χ4n) is 3.77. The van der Waals surface area contributed by atoms with Gasteiger partial charge in [-0.3, -0.25) is 9.69 Å². The molecule has 1 aliphatic heterocycles. The number of carbonyl (C=O) groups excluding carboxylic acids is 1. The van der Waals surface area contributed by atoms with Crippen LogP contribution in [0, 0.1) is 5.82 Å². The summed E-state index contributed by atoms with van der Waals surface area (Å²) in [6.07, 6.45) is 0. The van der Waals surface area contributed by atoms with E-state index in [2.05, 4.69) is 10.1 Å². The molecule has 0 bridgehead atoms. The number of benzene rings is 2. The Morgan fingerprint density at radius 2 is 1.84 bits per heavy atom. The highest BCUT2D eigenvalue weighted by Gasteiger charge is 2.27. The number of carbonyl (C=O) groups is 1. The van der Waals surface area contributed by atoms with Crippen molar-refractivity contribution >= 4 is 5.91 Å². The summed E-state index contributed by atoms with van der Waals surface area (Å²) in [5.74, 6) is -0.419. The lowest BCUT2D eigenvalue weighted by Gasteiger charge is -2.34. The molecule has 3 aromatic rings. The summed E-state index contributed by atoms with van der Waals surface area (Å²) < 4.78 is 24.9. The lowest BCUT2D eigenvalue weighted by atomic mass is 10.1. The van der Waals surface area contributed by atoms with Crippen LogP contribution in [0.2, 0.25) is 0 Å². The van der Waals surface area contributed by atoms with Gasteiger partial charge in [-0.05, 0) is 24.6 Å². The largest absolute Gasteiger partial charge is 0.379 e. The first-order valence-electron chi connectivity index (χ1n) is 10.5. The van der Waals surface area contributed by atoms with Crippen LogP contribution in [0.1, 0.15) is 23.0 Å². The number of amides is 1. The SMILES string of the molecule is CC(CN1CCOCC1)N(Cc1ccccc1)C(=O)c1cc(-c2ccccc2F)on1. The van der Waals surface area contributed by atoms with Crippen molar-refractivity contribution < 1.29 is 18.4 Å². The molecule has 1 aromatic heterocycles. The summed E-state index contributed by atoms with van der Waals surface area (Å²) in [4.78, 5) is 17.5. The average Bonchev–Trinajstić information content (AvgIpc) is 3.29. The third kappa shape index (κ3) is 5.18. The van der Waals surface area contributed by atoms with Crippen LogP contribution >= 0.6 is 0 Å². The van der Waals surface area contributed by atoms with E-state index < -0.39 is 5.82 Å². The van der Waals surface area contributed by atoms with Gasteiger partial charge >= 0.3 is 0 Å². The van der Waals surface area contributed by atoms with Crippen LogP contribution in [0.5, 0.6) is 0 Å². The van der Waals surface area contributed by atoms with E-state index in [0.29, 0.717) is 19.8 Å². The first-order valence-corrected chi connectivity index (χ1v) is 10.5. The van der Waals surface area contributed by atoms with Gasteiger partial charge in [-0.15, -0.1) is 0 Å². The molecule has 0 saturated carbocycles. The summed E-state index contributed by atoms with van der Waals surface area (Å²) in [5, 5.41) is 3.96. The van der Waals surface area contributed by atoms with Crippen molar-refractivity contribution in [3.8, 4) is 11.3 Å². The van der Waals surface area contributed by atoms with Gasteiger partial charge in [0.1, 0.15) is 5.82 Å². The Morgan fingerprint density at radius 3 is 2.58 bits per heavy atom. The van der Waals surface area contributed by atoms with E-state index in [1.54, 1.807) is 23.1 Å². The Kier molecular flexibility index (Phi) is 6.74. The Labute approximate surface area is 181 Å². The quantitative estimate of drug-likeness (QED) is 0.578. The summed E-state index contributed by atoms with van der Waals surface area (Å²) in [6.45, 7) is 6.32. The van der Waals surface area contributed by atoms with Gasteiger partial charge in [-0.2, -0.15) is 0 Å². The van der Waals surface area contributed by atoms with Crippen LogP contribution in [0.3, 0.4) is 0 Å². The molecule has 7 heteroatoms. The zero-order valence-electron chi connectivity index (χ0n) is 17.5. The Bertz CT molecular complexity index is 1000. The number of aromatic nitrogens is 1. The molecule has 0 spiro atoms. The van der Waals surface area contributed by atoms with Crippen molar-refractivity contribution in [2.45, 2.75) is 19.5 Å². The van der Waals surface area contributed by atoms with Crippen molar-refractivity contribution in [1.82, 2.24) is 15.0 Å². The number of nitrogens with zero attached hydrogens (tertiary/aromatic N) is 3. The molecule has 0 N–H and O–H groups in total. The smallest absolute Gasteiger partial charge is 0.276 e. The lowest BCUT2D eigenvalue weighted by molar-refractivity contribution is 0.0226. The van der Waals surface area contributed by atoms with Gasteiger partial charge in [0.15, 0.2) is 11.5 Å². The molecule has 1 aliphatic rings. The van der Waals surface area contributed by atoms with Crippen LogP contribution in [0.4, 0.5) is 4.39 Å². The molecule has 0 radical (unpaired) electrons. The van der Waals surface area contributed by atoms with Crippen molar-refractivity contribution in [3.63, 3.8) is 0 Å². The van der Waals surface area contributed by atoms with E-state index in [1.165, 1.54) is 12.1 Å². The first kappa shape index (κ1) is 21.2. The molecule has 6 nitrogen and oxygen atoms in total. The van der Waals surface area contributed by atoms with Crippen LogP contribution in [-0.2, 0) is 11.3 Å². The molecule has 1 fully saturated rings. The molecule has 31 heavy (non-hydrogen) atoms. The van der Waals surface area contributed by atoms with E-state index in [4.69, 9.17) is 9.26 Å². The van der Waals surface area contributed by atoms with Gasteiger partial charge in [0.05, 0.1) is 18.8 Å². The van der Waals surface area contributed by atoms with Crippen molar-refractivity contribution in [2.24, 2.45) is 0 Å². The summed E-state index contributed by atoms with van der Waals surface area (Å²) in [5.41, 5.74) is 1.48. The number of halogens is 1. The number of hydrogen-bond donors (Lipinski definition) is 0. The molecule has 1 atom stereocenters. The summed E-state index contributed by atoms with van der Waals surface area (Å²) in [7, 11) is 0. The molecule has 1 amide bonds. The third-order valence-corrected chi connectivity index (χ3v) is 5.48. The van der Waals surface area contributed by atoms with Crippen LogP contribution in [0.15, 0.2) is 65.2 Å². The maximum Gasteiger partial charge on any atom is 0.276 e. The predicted molar refractivity (Wildman–Crippen MR) is 115 cm³/mol. The van der Waals surface area contributed by atoms with Crippen molar-refractivity contribution in [1.29, 1.82) is 0 Å². The number of morpholine rings is 1. The molecule has 1 unspecified atom stereocenters. The van der Waals surface area contributed by atoms with E-state index in [1.807, 2.05) is 37.3 Å². The molecular formula is C24H26FN3O3. The second-order valence-corrected chi connectivity index (χ2v) is 7.74. The normalized spacial score (nSPS) is 15.5. The highest BCUT2D eigenvalue weighted by Crippen LogP contribution is 2.24. The molecule has 2 aromatic carbocycles. The number of rotatable bonds is 7. The fraction of sp³-hybridized carbons (Fsp3) is 0.333. The molecule has 4 rings (SSSR count). The zero-order valence-corrected chi connectivity index (χ0v) is 17.5. The monoisotopic (exact) mass is 423 g/mol. The van der Waals surface area contributed by atoms with Gasteiger partial charge in [0.25, 0.3) is 5.91 Å². The maximum absolute atomic E-state index is 14.1. The zero-order chi connectivity index (χ0) is 21.6. The van der Waals surface area contributed by atoms with Crippen molar-refractivity contribution in [3.05, 3.63) is 77.7 Å². The minimum absolute atomic E-state index is 0.0561. The predicted octanol–water partition coefficient (Wildman–Crippen LogP) is 3.84. The van der Waals surface area contributed by atoms with Crippen LogP contribution in [0.25, 0.3) is 11.3 Å². The Balaban J connectivity index is 1.56. The first-order chi connectivity index (χ1) is 15.1. The topological polar surface area (TPSA) is 58.8 Å². The molecule has 0 aliphatic carbocycles. The standard InChI is InChI=1S/C24H26FN3O3/c1-18(16-27-11-13-30-14-12-27)28(17-19-7-3-2-4-8-19)24(29)22-15-23(31-26-22)20-9-5-6-10-21(20)25/h2-10,15,18H,11-14,16-17H2,1H3. The average molecular weight is 423 g/mol.